The largest absolute Gasteiger partial charge is 0.332 e. The highest BCUT2D eigenvalue weighted by Crippen LogP contribution is 2.23. The van der Waals surface area contributed by atoms with E-state index in [1.807, 2.05) is 36.4 Å². The van der Waals surface area contributed by atoms with Gasteiger partial charge in [0, 0.05) is 20.9 Å². The molecule has 126 valence electrons. The topological polar surface area (TPSA) is 50.9 Å². The molecule has 0 atom stereocenters. The summed E-state index contributed by atoms with van der Waals surface area (Å²) in [6, 6.07) is 8.00. The Morgan fingerprint density at radius 3 is 2.83 bits per heavy atom. The summed E-state index contributed by atoms with van der Waals surface area (Å²) in [5.41, 5.74) is 2.13. The molecule has 3 N–H and O–H groups in total. The quantitative estimate of drug-likeness (QED) is 0.430. The van der Waals surface area contributed by atoms with Crippen LogP contribution in [0.3, 0.4) is 0 Å². The van der Waals surface area contributed by atoms with Crippen molar-refractivity contribution in [2.24, 2.45) is 5.14 Å². The van der Waals surface area contributed by atoms with Crippen LogP contribution >= 0.6 is 35.0 Å². The molecule has 24 heavy (non-hydrogen) atoms. The van der Waals surface area contributed by atoms with Crippen molar-refractivity contribution in [3.05, 3.63) is 71.1 Å². The molecule has 0 saturated carbocycles. The van der Waals surface area contributed by atoms with Gasteiger partial charge in [0.15, 0.2) is 5.13 Å². The number of nitrogens with two attached hydrogens (primary N) is 1. The number of nitrogens with zero attached hydrogens (tertiary/aromatic N) is 1. The van der Waals surface area contributed by atoms with Gasteiger partial charge in [-0.3, -0.25) is 5.14 Å². The third-order valence-electron chi connectivity index (χ3n) is 3.16. The van der Waals surface area contributed by atoms with E-state index in [1.54, 1.807) is 23.1 Å². The number of aryl methyl sites for hydroxylation is 1. The molecule has 0 aliphatic heterocycles. The molecule has 3 nitrogen and oxygen atoms in total. The second-order valence-corrected chi connectivity index (χ2v) is 7.31. The van der Waals surface area contributed by atoms with Gasteiger partial charge in [-0.15, -0.1) is 23.1 Å². The van der Waals surface area contributed by atoms with Gasteiger partial charge in [-0.1, -0.05) is 24.8 Å². The van der Waals surface area contributed by atoms with Gasteiger partial charge in [0.05, 0.1) is 5.69 Å². The van der Waals surface area contributed by atoms with E-state index in [2.05, 4.69) is 40.7 Å². The normalized spacial score (nSPS) is 11.8. The molecular weight excluding hydrogens is 354 g/mol. The lowest BCUT2D eigenvalue weighted by Gasteiger charge is -2.03. The Hall–Kier alpha value is -1.47. The Bertz CT molecular complexity index is 703. The van der Waals surface area contributed by atoms with Crippen molar-refractivity contribution >= 4 is 45.9 Å². The van der Waals surface area contributed by atoms with Crippen LogP contribution < -0.4 is 10.5 Å². The molecule has 2 rings (SSSR count). The van der Waals surface area contributed by atoms with Gasteiger partial charge in [-0.2, -0.15) is 0 Å². The van der Waals surface area contributed by atoms with Crippen LogP contribution in [0.4, 0.5) is 10.8 Å². The molecule has 0 saturated heterocycles. The molecule has 6 heteroatoms. The van der Waals surface area contributed by atoms with Crippen LogP contribution in [0, 0.1) is 0 Å². The fourth-order valence-corrected chi connectivity index (χ4v) is 3.48. The summed E-state index contributed by atoms with van der Waals surface area (Å²) >= 11 is 4.59. The van der Waals surface area contributed by atoms with Crippen molar-refractivity contribution in [3.8, 4) is 0 Å². The maximum Gasteiger partial charge on any atom is 0.187 e. The Kier molecular flexibility index (Phi) is 8.18. The average Bonchev–Trinajstić information content (AvgIpc) is 3.05. The maximum absolute atomic E-state index is 5.53. The molecular formula is C18H21N3S3. The lowest BCUT2D eigenvalue weighted by atomic mass is 10.2. The van der Waals surface area contributed by atoms with E-state index >= 15 is 0 Å². The Balaban J connectivity index is 1.85. The molecule has 0 amide bonds. The van der Waals surface area contributed by atoms with Gasteiger partial charge in [0.2, 0.25) is 0 Å². The molecule has 0 radical (unpaired) electrons. The molecule has 1 heterocycles. The van der Waals surface area contributed by atoms with Gasteiger partial charge >= 0.3 is 0 Å². The SMILES string of the molecule is C=C/C=C(\C=C/CCc1csc(Nc2ccc(SN)cc2)n1)SC. The third kappa shape index (κ3) is 6.20. The van der Waals surface area contributed by atoms with E-state index in [0.717, 1.165) is 34.2 Å². The first-order valence-electron chi connectivity index (χ1n) is 7.46. The minimum atomic E-state index is 0.915. The summed E-state index contributed by atoms with van der Waals surface area (Å²) in [4.78, 5) is 6.89. The van der Waals surface area contributed by atoms with Gasteiger partial charge < -0.3 is 5.32 Å². The average molecular weight is 376 g/mol. The smallest absolute Gasteiger partial charge is 0.187 e. The van der Waals surface area contributed by atoms with Crippen molar-refractivity contribution in [2.45, 2.75) is 17.7 Å². The fraction of sp³-hybridized carbons (Fsp3) is 0.167. The first-order valence-corrected chi connectivity index (χ1v) is 10.4. The Labute approximate surface area is 156 Å². The monoisotopic (exact) mass is 375 g/mol. The number of hydrogen-bond acceptors (Lipinski definition) is 6. The highest BCUT2D eigenvalue weighted by Gasteiger charge is 2.02. The third-order valence-corrected chi connectivity index (χ3v) is 5.25. The first-order chi connectivity index (χ1) is 11.7. The molecule has 2 aromatic rings. The Morgan fingerprint density at radius 2 is 2.17 bits per heavy atom. The summed E-state index contributed by atoms with van der Waals surface area (Å²) in [6.45, 7) is 3.72. The molecule has 0 bridgehead atoms. The molecule has 0 spiro atoms. The minimum absolute atomic E-state index is 0.915. The minimum Gasteiger partial charge on any atom is -0.332 e. The van der Waals surface area contributed by atoms with Crippen LogP contribution in [-0.2, 0) is 6.42 Å². The number of nitrogens with one attached hydrogen (secondary N) is 1. The van der Waals surface area contributed by atoms with E-state index in [1.165, 1.54) is 16.9 Å². The van der Waals surface area contributed by atoms with Crippen molar-refractivity contribution < 1.29 is 0 Å². The highest BCUT2D eigenvalue weighted by atomic mass is 32.2. The zero-order chi connectivity index (χ0) is 17.2. The van der Waals surface area contributed by atoms with Gasteiger partial charge in [0.25, 0.3) is 0 Å². The summed E-state index contributed by atoms with van der Waals surface area (Å²) in [7, 11) is 0. The summed E-state index contributed by atoms with van der Waals surface area (Å²) in [6.07, 6.45) is 12.1. The van der Waals surface area contributed by atoms with Crippen LogP contribution in [0.2, 0.25) is 0 Å². The molecule has 1 aromatic carbocycles. The summed E-state index contributed by atoms with van der Waals surface area (Å²) < 4.78 is 0. The standard InChI is InChI=1S/C18H21N3S3/c1-3-6-16(22-2)8-5-4-7-15-13-23-18(21-15)20-14-9-11-17(24-19)12-10-14/h3,5-6,8-13H,1,4,7,19H2,2H3,(H,20,21)/b8-5-,16-6+. The number of benzene rings is 1. The zero-order valence-electron chi connectivity index (χ0n) is 13.6. The van der Waals surface area contributed by atoms with Crippen LogP contribution in [0.1, 0.15) is 12.1 Å². The lowest BCUT2D eigenvalue weighted by molar-refractivity contribution is 0.960. The summed E-state index contributed by atoms with van der Waals surface area (Å²) in [5.74, 6) is 0. The van der Waals surface area contributed by atoms with Gasteiger partial charge in [0.1, 0.15) is 0 Å². The lowest BCUT2D eigenvalue weighted by Crippen LogP contribution is -1.91. The van der Waals surface area contributed by atoms with Crippen molar-refractivity contribution in [1.29, 1.82) is 0 Å². The van der Waals surface area contributed by atoms with Crippen LogP contribution in [0.5, 0.6) is 0 Å². The molecule has 1 aromatic heterocycles. The van der Waals surface area contributed by atoms with Gasteiger partial charge in [-0.05, 0) is 61.4 Å². The number of anilines is 2. The maximum atomic E-state index is 5.53. The summed E-state index contributed by atoms with van der Waals surface area (Å²) in [5, 5.41) is 11.9. The zero-order valence-corrected chi connectivity index (χ0v) is 16.0. The number of allylic oxidation sites excluding steroid dienone is 4. The predicted octanol–water partition coefficient (Wildman–Crippen LogP) is 5.77. The highest BCUT2D eigenvalue weighted by molar-refractivity contribution is 8.02. The van der Waals surface area contributed by atoms with E-state index in [4.69, 9.17) is 5.14 Å². The molecule has 0 fully saturated rings. The number of aromatic nitrogens is 1. The fourth-order valence-electron chi connectivity index (χ4n) is 1.96. The van der Waals surface area contributed by atoms with Crippen molar-refractivity contribution in [3.63, 3.8) is 0 Å². The Morgan fingerprint density at radius 1 is 1.38 bits per heavy atom. The van der Waals surface area contributed by atoms with E-state index in [9.17, 15) is 0 Å². The van der Waals surface area contributed by atoms with Gasteiger partial charge in [-0.25, -0.2) is 4.98 Å². The van der Waals surface area contributed by atoms with Crippen molar-refractivity contribution in [1.82, 2.24) is 4.98 Å². The number of rotatable bonds is 9. The predicted molar refractivity (Wildman–Crippen MR) is 111 cm³/mol. The van der Waals surface area contributed by atoms with Crippen LogP contribution in [-0.4, -0.2) is 11.2 Å². The van der Waals surface area contributed by atoms with E-state index in [-0.39, 0.29) is 0 Å². The van der Waals surface area contributed by atoms with Crippen LogP contribution in [0.25, 0.3) is 0 Å². The van der Waals surface area contributed by atoms with E-state index in [0.29, 0.717) is 0 Å². The first kappa shape index (κ1) is 18.9. The molecule has 0 aliphatic carbocycles. The van der Waals surface area contributed by atoms with E-state index < -0.39 is 0 Å². The number of thiazole rings is 1. The number of thioether (sulfide) groups is 1. The van der Waals surface area contributed by atoms with Crippen LogP contribution in [0.15, 0.2) is 70.3 Å². The number of hydrogen-bond donors (Lipinski definition) is 2. The second kappa shape index (κ2) is 10.4. The second-order valence-electron chi connectivity index (χ2n) is 4.86. The van der Waals surface area contributed by atoms with Crippen molar-refractivity contribution in [2.75, 3.05) is 11.6 Å². The molecule has 0 unspecified atom stereocenters. The molecule has 0 aliphatic rings.